The van der Waals surface area contributed by atoms with E-state index in [2.05, 4.69) is 5.32 Å². The van der Waals surface area contributed by atoms with Gasteiger partial charge in [-0.15, -0.1) is 0 Å². The van der Waals surface area contributed by atoms with Gasteiger partial charge in [0.05, 0.1) is 0 Å². The minimum atomic E-state index is -0.782. The van der Waals surface area contributed by atoms with Gasteiger partial charge in [0.25, 0.3) is 5.91 Å². The Morgan fingerprint density at radius 3 is 2.32 bits per heavy atom. The van der Waals surface area contributed by atoms with E-state index < -0.39 is 6.04 Å². The highest BCUT2D eigenvalue weighted by molar-refractivity contribution is 6.35. The van der Waals surface area contributed by atoms with Gasteiger partial charge in [0, 0.05) is 34.6 Å². The van der Waals surface area contributed by atoms with Crippen LogP contribution in [0, 0.1) is 12.8 Å². The first kappa shape index (κ1) is 28.8. The van der Waals surface area contributed by atoms with Gasteiger partial charge in [-0.05, 0) is 59.9 Å². The molecule has 1 N–H and O–H groups in total. The Morgan fingerprint density at radius 2 is 1.68 bits per heavy atom. The van der Waals surface area contributed by atoms with Crippen molar-refractivity contribution in [3.8, 4) is 5.75 Å². The van der Waals surface area contributed by atoms with Crippen LogP contribution in [-0.4, -0.2) is 35.9 Å². The van der Waals surface area contributed by atoms with Gasteiger partial charge in [-0.25, -0.2) is 0 Å². The third-order valence-electron chi connectivity index (χ3n) is 5.80. The molecule has 0 radical (unpaired) electrons. The van der Waals surface area contributed by atoms with E-state index in [0.717, 1.165) is 11.1 Å². The smallest absolute Gasteiger partial charge is 0.261 e. The maximum Gasteiger partial charge on any atom is 0.261 e. The molecule has 8 heteroatoms. The second-order valence-electron chi connectivity index (χ2n) is 9.30. The Bertz CT molecular complexity index is 1220. The first-order valence-electron chi connectivity index (χ1n) is 12.1. The van der Waals surface area contributed by atoms with Crippen LogP contribution in [0.15, 0.2) is 66.7 Å². The number of amides is 2. The van der Waals surface area contributed by atoms with Gasteiger partial charge in [0.15, 0.2) is 6.61 Å². The molecule has 1 unspecified atom stereocenters. The summed E-state index contributed by atoms with van der Waals surface area (Å²) in [4.78, 5) is 28.6. The lowest BCUT2D eigenvalue weighted by Crippen LogP contribution is -2.52. The fourth-order valence-electron chi connectivity index (χ4n) is 3.74. The van der Waals surface area contributed by atoms with E-state index in [9.17, 15) is 9.59 Å². The molecule has 0 heterocycles. The molecule has 0 bridgehead atoms. The van der Waals surface area contributed by atoms with Crippen molar-refractivity contribution in [3.05, 3.63) is 98.5 Å². The SMILES string of the molecule is Cc1cc(OCC(=O)N(Cc2ccc(Cl)cc2Cl)C(Cc2ccccc2)C(=O)NCC(C)C)ccc1Cl. The lowest BCUT2D eigenvalue weighted by molar-refractivity contribution is -0.142. The number of nitrogens with zero attached hydrogens (tertiary/aromatic N) is 1. The van der Waals surface area contributed by atoms with Crippen molar-refractivity contribution < 1.29 is 14.3 Å². The van der Waals surface area contributed by atoms with Crippen LogP contribution in [0.25, 0.3) is 0 Å². The molecule has 196 valence electrons. The van der Waals surface area contributed by atoms with Crippen molar-refractivity contribution >= 4 is 46.6 Å². The van der Waals surface area contributed by atoms with Crippen LogP contribution in [0.2, 0.25) is 15.1 Å². The first-order chi connectivity index (χ1) is 17.6. The summed E-state index contributed by atoms with van der Waals surface area (Å²) in [7, 11) is 0. The standard InChI is InChI=1S/C29H31Cl3N2O3/c1-19(2)16-33-29(36)27(14-21-7-5-4-6-8-21)34(17-22-9-10-23(30)15-26(22)32)28(35)18-37-24-11-12-25(31)20(3)13-24/h4-13,15,19,27H,14,16-18H2,1-3H3,(H,33,36). The monoisotopic (exact) mass is 560 g/mol. The zero-order chi connectivity index (χ0) is 26.9. The molecule has 0 saturated carbocycles. The summed E-state index contributed by atoms with van der Waals surface area (Å²) >= 11 is 18.7. The Hall–Kier alpha value is -2.73. The largest absolute Gasteiger partial charge is 0.484 e. The number of aryl methyl sites for hydroxylation is 1. The van der Waals surface area contributed by atoms with Crippen molar-refractivity contribution in [2.75, 3.05) is 13.2 Å². The van der Waals surface area contributed by atoms with Gasteiger partial charge in [-0.3, -0.25) is 9.59 Å². The van der Waals surface area contributed by atoms with Crippen LogP contribution in [0.1, 0.15) is 30.5 Å². The van der Waals surface area contributed by atoms with Crippen molar-refractivity contribution in [2.45, 2.75) is 39.8 Å². The summed E-state index contributed by atoms with van der Waals surface area (Å²) < 4.78 is 5.81. The average molecular weight is 562 g/mol. The first-order valence-corrected chi connectivity index (χ1v) is 13.2. The second-order valence-corrected chi connectivity index (χ2v) is 10.6. The minimum Gasteiger partial charge on any atom is -0.484 e. The number of carbonyl (C=O) groups is 2. The summed E-state index contributed by atoms with van der Waals surface area (Å²) in [6, 6.07) is 19.1. The number of carbonyl (C=O) groups excluding carboxylic acids is 2. The molecule has 0 aliphatic carbocycles. The zero-order valence-electron chi connectivity index (χ0n) is 21.1. The fourth-order valence-corrected chi connectivity index (χ4v) is 4.33. The van der Waals surface area contributed by atoms with Gasteiger partial charge >= 0.3 is 0 Å². The normalized spacial score (nSPS) is 11.8. The van der Waals surface area contributed by atoms with E-state index >= 15 is 0 Å². The van der Waals surface area contributed by atoms with Crippen LogP contribution in [0.5, 0.6) is 5.75 Å². The number of rotatable bonds is 11. The molecular formula is C29H31Cl3N2O3. The summed E-state index contributed by atoms with van der Waals surface area (Å²) in [6.07, 6.45) is 0.335. The molecule has 3 aromatic rings. The van der Waals surface area contributed by atoms with E-state index in [1.807, 2.05) is 51.1 Å². The number of benzene rings is 3. The zero-order valence-corrected chi connectivity index (χ0v) is 23.4. The molecule has 37 heavy (non-hydrogen) atoms. The summed E-state index contributed by atoms with van der Waals surface area (Å²) in [5.74, 6) is 0.189. The molecule has 0 aliphatic heterocycles. The summed E-state index contributed by atoms with van der Waals surface area (Å²) in [6.45, 7) is 6.25. The maximum absolute atomic E-state index is 13.7. The predicted octanol–water partition coefficient (Wildman–Crippen LogP) is 6.75. The van der Waals surface area contributed by atoms with Gasteiger partial charge in [-0.1, -0.05) is 85.0 Å². The number of nitrogens with one attached hydrogen (secondary N) is 1. The molecule has 3 aromatic carbocycles. The lowest BCUT2D eigenvalue weighted by atomic mass is 10.0. The molecule has 0 aromatic heterocycles. The molecule has 0 aliphatic rings. The van der Waals surface area contributed by atoms with Crippen molar-refractivity contribution in [3.63, 3.8) is 0 Å². The topological polar surface area (TPSA) is 58.6 Å². The summed E-state index contributed by atoms with van der Waals surface area (Å²) in [5, 5.41) is 4.51. The molecule has 3 rings (SSSR count). The molecule has 0 saturated heterocycles. The number of halogens is 3. The fraction of sp³-hybridized carbons (Fsp3) is 0.310. The molecule has 1 atom stereocenters. The molecular weight excluding hydrogens is 531 g/mol. The summed E-state index contributed by atoms with van der Waals surface area (Å²) in [5.41, 5.74) is 2.45. The Kier molecular flexibility index (Phi) is 10.7. The van der Waals surface area contributed by atoms with Gasteiger partial charge in [0.1, 0.15) is 11.8 Å². The van der Waals surface area contributed by atoms with Crippen LogP contribution >= 0.6 is 34.8 Å². The molecule has 2 amide bonds. The highest BCUT2D eigenvalue weighted by atomic mass is 35.5. The van der Waals surface area contributed by atoms with E-state index in [1.54, 1.807) is 36.4 Å². The van der Waals surface area contributed by atoms with Gasteiger partial charge in [-0.2, -0.15) is 0 Å². The quantitative estimate of drug-likeness (QED) is 0.282. The molecule has 5 nitrogen and oxygen atoms in total. The molecule has 0 fully saturated rings. The highest BCUT2D eigenvalue weighted by Gasteiger charge is 2.31. The van der Waals surface area contributed by atoms with Crippen LogP contribution in [-0.2, 0) is 22.6 Å². The lowest BCUT2D eigenvalue weighted by Gasteiger charge is -2.32. The molecule has 0 spiro atoms. The maximum atomic E-state index is 13.7. The second kappa shape index (κ2) is 13.7. The van der Waals surface area contributed by atoms with E-state index in [1.165, 1.54) is 4.90 Å². The predicted molar refractivity (Wildman–Crippen MR) is 150 cm³/mol. The van der Waals surface area contributed by atoms with Crippen molar-refractivity contribution in [1.29, 1.82) is 0 Å². The van der Waals surface area contributed by atoms with Crippen LogP contribution < -0.4 is 10.1 Å². The van der Waals surface area contributed by atoms with Gasteiger partial charge in [0.2, 0.25) is 5.91 Å². The van der Waals surface area contributed by atoms with Crippen LogP contribution in [0.3, 0.4) is 0 Å². The Balaban J connectivity index is 1.93. The Labute approximate surface area is 233 Å². The van der Waals surface area contributed by atoms with E-state index in [0.29, 0.717) is 39.3 Å². The van der Waals surface area contributed by atoms with Crippen molar-refractivity contribution in [2.24, 2.45) is 5.92 Å². The Morgan fingerprint density at radius 1 is 0.946 bits per heavy atom. The van der Waals surface area contributed by atoms with Crippen molar-refractivity contribution in [1.82, 2.24) is 10.2 Å². The number of hydrogen-bond donors (Lipinski definition) is 1. The number of hydrogen-bond acceptors (Lipinski definition) is 3. The number of ether oxygens (including phenoxy) is 1. The highest BCUT2D eigenvalue weighted by Crippen LogP contribution is 2.25. The third-order valence-corrected chi connectivity index (χ3v) is 6.81. The van der Waals surface area contributed by atoms with E-state index in [4.69, 9.17) is 39.5 Å². The third kappa shape index (κ3) is 8.67. The van der Waals surface area contributed by atoms with Crippen LogP contribution in [0.4, 0.5) is 0 Å². The minimum absolute atomic E-state index is 0.116. The van der Waals surface area contributed by atoms with Gasteiger partial charge < -0.3 is 15.0 Å². The van der Waals surface area contributed by atoms with E-state index in [-0.39, 0.29) is 30.9 Å². The average Bonchev–Trinajstić information content (AvgIpc) is 2.87.